The number of anilines is 1. The summed E-state index contributed by atoms with van der Waals surface area (Å²) in [4.78, 5) is 22.9. The summed E-state index contributed by atoms with van der Waals surface area (Å²) >= 11 is 0. The number of carbonyl (C=O) groups is 2. The quantitative estimate of drug-likeness (QED) is 0.758. The predicted octanol–water partition coefficient (Wildman–Crippen LogP) is 2.64. The first-order valence-electron chi connectivity index (χ1n) is 7.30. The van der Waals surface area contributed by atoms with E-state index in [9.17, 15) is 9.59 Å². The lowest BCUT2D eigenvalue weighted by Gasteiger charge is -2.19. The monoisotopic (exact) mass is 292 g/mol. The van der Waals surface area contributed by atoms with Crippen molar-refractivity contribution in [2.24, 2.45) is 0 Å². The highest BCUT2D eigenvalue weighted by molar-refractivity contribution is 5.90. The van der Waals surface area contributed by atoms with Crippen molar-refractivity contribution in [1.29, 1.82) is 0 Å². The molecule has 5 nitrogen and oxygen atoms in total. The molecule has 0 bridgehead atoms. The summed E-state index contributed by atoms with van der Waals surface area (Å²) in [6, 6.07) is 7.23. The molecule has 1 amide bonds. The van der Waals surface area contributed by atoms with Gasteiger partial charge in [0.25, 0.3) is 0 Å². The average molecular weight is 292 g/mol. The molecule has 1 rings (SSSR count). The van der Waals surface area contributed by atoms with Crippen LogP contribution in [0, 0.1) is 0 Å². The molecule has 21 heavy (non-hydrogen) atoms. The summed E-state index contributed by atoms with van der Waals surface area (Å²) in [6.07, 6.45) is 0.455. The van der Waals surface area contributed by atoms with E-state index in [2.05, 4.69) is 10.6 Å². The lowest BCUT2D eigenvalue weighted by Crippen LogP contribution is -2.37. The molecule has 0 heterocycles. The average Bonchev–Trinajstić information content (AvgIpc) is 2.47. The van der Waals surface area contributed by atoms with Gasteiger partial charge in [-0.1, -0.05) is 19.1 Å². The third-order valence-corrected chi connectivity index (χ3v) is 3.16. The summed E-state index contributed by atoms with van der Waals surface area (Å²) in [7, 11) is 0. The zero-order valence-corrected chi connectivity index (χ0v) is 13.1. The predicted molar refractivity (Wildman–Crippen MR) is 83.0 cm³/mol. The van der Waals surface area contributed by atoms with E-state index in [0.717, 1.165) is 11.3 Å². The highest BCUT2D eigenvalue weighted by Crippen LogP contribution is 2.17. The molecular formula is C16H24N2O3. The minimum absolute atomic E-state index is 0.00939. The number of amides is 1. The fourth-order valence-electron chi connectivity index (χ4n) is 1.91. The molecule has 0 aliphatic rings. The Balaban J connectivity index is 2.60. The van der Waals surface area contributed by atoms with E-state index in [1.54, 1.807) is 13.8 Å². The van der Waals surface area contributed by atoms with Crippen LogP contribution in [0.3, 0.4) is 0 Å². The Morgan fingerprint density at radius 3 is 2.29 bits per heavy atom. The number of ether oxygens (including phenoxy) is 1. The summed E-state index contributed by atoms with van der Waals surface area (Å²) in [5.41, 5.74) is 1.82. The van der Waals surface area contributed by atoms with Crippen molar-refractivity contribution in [1.82, 2.24) is 5.32 Å². The number of rotatable bonds is 7. The van der Waals surface area contributed by atoms with Gasteiger partial charge < -0.3 is 10.1 Å². The standard InChI is InChI=1S/C16H24N2O3/c1-5-15(19)18-14-9-7-13(8-10-14)11(3)17-12(4)16(20)21-6-2/h7-12,17H,5-6H2,1-4H3,(H,18,19)/t11-,12-/m1/s1. The molecular weight excluding hydrogens is 268 g/mol. The van der Waals surface area contributed by atoms with Gasteiger partial charge in [0.15, 0.2) is 0 Å². The number of benzene rings is 1. The number of nitrogens with one attached hydrogen (secondary N) is 2. The Kier molecular flexibility index (Phi) is 6.88. The molecule has 0 saturated heterocycles. The zero-order valence-electron chi connectivity index (χ0n) is 13.1. The first kappa shape index (κ1) is 17.2. The van der Waals surface area contributed by atoms with Crippen LogP contribution < -0.4 is 10.6 Å². The minimum Gasteiger partial charge on any atom is -0.465 e. The van der Waals surface area contributed by atoms with Gasteiger partial charge in [-0.05, 0) is 38.5 Å². The maximum atomic E-state index is 11.6. The molecule has 0 aromatic heterocycles. The number of hydrogen-bond donors (Lipinski definition) is 2. The second kappa shape index (κ2) is 8.42. The van der Waals surface area contributed by atoms with E-state index in [1.165, 1.54) is 0 Å². The first-order chi connectivity index (χ1) is 9.97. The SMILES string of the molecule is CCOC(=O)[C@@H](C)N[C@H](C)c1ccc(NC(=O)CC)cc1. The summed E-state index contributed by atoms with van der Waals surface area (Å²) in [5.74, 6) is -0.263. The van der Waals surface area contributed by atoms with Crippen LogP contribution in [0.15, 0.2) is 24.3 Å². The van der Waals surface area contributed by atoms with Gasteiger partial charge in [-0.3, -0.25) is 14.9 Å². The molecule has 0 spiro atoms. The van der Waals surface area contributed by atoms with E-state index in [-0.39, 0.29) is 24.0 Å². The van der Waals surface area contributed by atoms with Gasteiger partial charge in [0, 0.05) is 18.2 Å². The van der Waals surface area contributed by atoms with Crippen LogP contribution in [-0.2, 0) is 14.3 Å². The Labute approximate surface area is 126 Å². The van der Waals surface area contributed by atoms with Crippen LogP contribution in [-0.4, -0.2) is 24.5 Å². The normalized spacial score (nSPS) is 13.3. The third kappa shape index (κ3) is 5.55. The molecule has 2 N–H and O–H groups in total. The lowest BCUT2D eigenvalue weighted by molar-refractivity contribution is -0.145. The molecule has 0 aliphatic heterocycles. The van der Waals surface area contributed by atoms with Crippen LogP contribution in [0.25, 0.3) is 0 Å². The van der Waals surface area contributed by atoms with E-state index in [1.807, 2.05) is 38.1 Å². The molecule has 0 aliphatic carbocycles. The van der Waals surface area contributed by atoms with Crippen LogP contribution in [0.1, 0.15) is 45.7 Å². The van der Waals surface area contributed by atoms with Crippen LogP contribution in [0.5, 0.6) is 0 Å². The van der Waals surface area contributed by atoms with E-state index >= 15 is 0 Å². The van der Waals surface area contributed by atoms with Crippen LogP contribution in [0.2, 0.25) is 0 Å². The molecule has 2 atom stereocenters. The molecule has 116 valence electrons. The second-order valence-electron chi connectivity index (χ2n) is 4.89. The van der Waals surface area contributed by atoms with Gasteiger partial charge in [-0.15, -0.1) is 0 Å². The molecule has 0 saturated carbocycles. The second-order valence-corrected chi connectivity index (χ2v) is 4.89. The van der Waals surface area contributed by atoms with Crippen molar-refractivity contribution < 1.29 is 14.3 Å². The fourth-order valence-corrected chi connectivity index (χ4v) is 1.91. The van der Waals surface area contributed by atoms with E-state index < -0.39 is 0 Å². The van der Waals surface area contributed by atoms with Crippen molar-refractivity contribution in [3.8, 4) is 0 Å². The zero-order chi connectivity index (χ0) is 15.8. The highest BCUT2D eigenvalue weighted by atomic mass is 16.5. The topological polar surface area (TPSA) is 67.4 Å². The van der Waals surface area contributed by atoms with Crippen molar-refractivity contribution in [2.45, 2.75) is 46.2 Å². The van der Waals surface area contributed by atoms with E-state index in [0.29, 0.717) is 13.0 Å². The first-order valence-corrected chi connectivity index (χ1v) is 7.30. The molecule has 5 heteroatoms. The van der Waals surface area contributed by atoms with E-state index in [4.69, 9.17) is 4.74 Å². The van der Waals surface area contributed by atoms with Gasteiger partial charge in [-0.25, -0.2) is 0 Å². The maximum Gasteiger partial charge on any atom is 0.322 e. The Morgan fingerprint density at radius 2 is 1.76 bits per heavy atom. The largest absolute Gasteiger partial charge is 0.465 e. The van der Waals surface area contributed by atoms with Crippen molar-refractivity contribution in [2.75, 3.05) is 11.9 Å². The Morgan fingerprint density at radius 1 is 1.14 bits per heavy atom. The third-order valence-electron chi connectivity index (χ3n) is 3.16. The van der Waals surface area contributed by atoms with Gasteiger partial charge >= 0.3 is 5.97 Å². The highest BCUT2D eigenvalue weighted by Gasteiger charge is 2.17. The molecule has 1 aromatic carbocycles. The van der Waals surface area contributed by atoms with Gasteiger partial charge in [-0.2, -0.15) is 0 Å². The lowest BCUT2D eigenvalue weighted by atomic mass is 10.1. The van der Waals surface area contributed by atoms with Crippen molar-refractivity contribution >= 4 is 17.6 Å². The molecule has 0 unspecified atom stereocenters. The maximum absolute atomic E-state index is 11.6. The van der Waals surface area contributed by atoms with Gasteiger partial charge in [0.05, 0.1) is 6.61 Å². The summed E-state index contributed by atoms with van der Waals surface area (Å²) < 4.78 is 4.97. The summed E-state index contributed by atoms with van der Waals surface area (Å²) in [6.45, 7) is 7.74. The molecule has 1 aromatic rings. The van der Waals surface area contributed by atoms with Gasteiger partial charge in [0.2, 0.25) is 5.91 Å². The smallest absolute Gasteiger partial charge is 0.322 e. The summed E-state index contributed by atoms with van der Waals surface area (Å²) in [5, 5.41) is 5.99. The minimum atomic E-state index is -0.362. The number of hydrogen-bond acceptors (Lipinski definition) is 4. The van der Waals surface area contributed by atoms with Gasteiger partial charge in [0.1, 0.15) is 6.04 Å². The van der Waals surface area contributed by atoms with Crippen LogP contribution in [0.4, 0.5) is 5.69 Å². The fraction of sp³-hybridized carbons (Fsp3) is 0.500. The Hall–Kier alpha value is -1.88. The van der Waals surface area contributed by atoms with Crippen molar-refractivity contribution in [3.63, 3.8) is 0 Å². The number of esters is 1. The van der Waals surface area contributed by atoms with Crippen LogP contribution >= 0.6 is 0 Å². The molecule has 0 radical (unpaired) electrons. The molecule has 0 fully saturated rings. The number of carbonyl (C=O) groups excluding carboxylic acids is 2. The van der Waals surface area contributed by atoms with Crippen molar-refractivity contribution in [3.05, 3.63) is 29.8 Å². The Bertz CT molecular complexity index is 471.